The lowest BCUT2D eigenvalue weighted by Crippen LogP contribution is -2.01. The second-order valence-electron chi connectivity index (χ2n) is 5.06. The van der Waals surface area contributed by atoms with Crippen LogP contribution in [0, 0.1) is 6.92 Å². The largest absolute Gasteiger partial charge is 0.423 e. The Kier molecular flexibility index (Phi) is 4.53. The number of nitrogens with one attached hydrogen (secondary N) is 1. The van der Waals surface area contributed by atoms with Crippen LogP contribution in [0.25, 0.3) is 0 Å². The molecule has 1 heterocycles. The molecule has 1 N–H and O–H groups in total. The highest BCUT2D eigenvalue weighted by Crippen LogP contribution is 2.20. The van der Waals surface area contributed by atoms with Crippen molar-refractivity contribution in [3.63, 3.8) is 0 Å². The summed E-state index contributed by atoms with van der Waals surface area (Å²) in [7, 11) is 0. The minimum absolute atomic E-state index is 0.518. The Hall–Kier alpha value is -2.14. The van der Waals surface area contributed by atoms with Crippen molar-refractivity contribution in [3.05, 3.63) is 75.9 Å². The lowest BCUT2D eigenvalue weighted by atomic mass is 10.2. The molecule has 5 heteroatoms. The summed E-state index contributed by atoms with van der Waals surface area (Å²) in [6.45, 7) is 2.58. The Morgan fingerprint density at radius 2 is 1.82 bits per heavy atom. The number of hydrogen-bond donors (Lipinski definition) is 1. The fourth-order valence-electron chi connectivity index (χ4n) is 2.20. The van der Waals surface area contributed by atoms with Crippen molar-refractivity contribution in [1.29, 1.82) is 0 Å². The summed E-state index contributed by atoms with van der Waals surface area (Å²) in [6, 6.07) is 16.2. The van der Waals surface area contributed by atoms with Crippen LogP contribution in [0.4, 0.5) is 5.69 Å². The van der Waals surface area contributed by atoms with Gasteiger partial charge in [0, 0.05) is 10.2 Å². The Bertz CT molecular complexity index is 756. The number of halogens is 1. The van der Waals surface area contributed by atoms with Crippen molar-refractivity contribution < 1.29 is 4.42 Å². The molecule has 0 atom stereocenters. The fourth-order valence-corrected chi connectivity index (χ4v) is 2.67. The van der Waals surface area contributed by atoms with Crippen LogP contribution in [-0.4, -0.2) is 10.2 Å². The molecular weight excluding hydrogens is 342 g/mol. The van der Waals surface area contributed by atoms with Crippen LogP contribution in [0.15, 0.2) is 57.4 Å². The molecule has 3 aromatic rings. The van der Waals surface area contributed by atoms with E-state index in [4.69, 9.17) is 4.42 Å². The molecule has 0 saturated heterocycles. The van der Waals surface area contributed by atoms with E-state index in [1.54, 1.807) is 0 Å². The van der Waals surface area contributed by atoms with E-state index < -0.39 is 0 Å². The van der Waals surface area contributed by atoms with Gasteiger partial charge in [0.1, 0.15) is 0 Å². The number of rotatable bonds is 5. The predicted molar refractivity (Wildman–Crippen MR) is 89.8 cm³/mol. The van der Waals surface area contributed by atoms with Crippen LogP contribution >= 0.6 is 15.9 Å². The Balaban J connectivity index is 1.62. The zero-order valence-corrected chi connectivity index (χ0v) is 13.8. The van der Waals surface area contributed by atoms with Crippen LogP contribution < -0.4 is 5.32 Å². The molecule has 4 nitrogen and oxygen atoms in total. The molecule has 2 aromatic carbocycles. The topological polar surface area (TPSA) is 51.0 Å². The average Bonchev–Trinajstić information content (AvgIpc) is 2.95. The van der Waals surface area contributed by atoms with Gasteiger partial charge in [-0.2, -0.15) is 0 Å². The molecule has 0 bridgehead atoms. The number of nitrogens with zero attached hydrogens (tertiary/aromatic N) is 2. The molecule has 0 aliphatic carbocycles. The number of benzene rings is 2. The van der Waals surface area contributed by atoms with Crippen molar-refractivity contribution in [2.75, 3.05) is 5.32 Å². The molecular formula is C17H16BrN3O. The van der Waals surface area contributed by atoms with Crippen molar-refractivity contribution >= 4 is 21.6 Å². The van der Waals surface area contributed by atoms with Crippen molar-refractivity contribution in [2.45, 2.75) is 19.9 Å². The first-order valence-electron chi connectivity index (χ1n) is 7.06. The van der Waals surface area contributed by atoms with Gasteiger partial charge in [-0.05, 0) is 36.2 Å². The number of aromatic nitrogens is 2. The van der Waals surface area contributed by atoms with E-state index in [1.165, 1.54) is 5.56 Å². The van der Waals surface area contributed by atoms with E-state index in [0.717, 1.165) is 15.7 Å². The third-order valence-corrected chi connectivity index (χ3v) is 3.82. The van der Waals surface area contributed by atoms with Gasteiger partial charge in [-0.25, -0.2) is 0 Å². The molecule has 0 radical (unpaired) electrons. The molecule has 0 spiro atoms. The Labute approximate surface area is 137 Å². The second-order valence-corrected chi connectivity index (χ2v) is 5.98. The quantitative estimate of drug-likeness (QED) is 0.737. The van der Waals surface area contributed by atoms with Crippen molar-refractivity contribution in [2.24, 2.45) is 0 Å². The third kappa shape index (κ3) is 3.74. The zero-order valence-electron chi connectivity index (χ0n) is 12.2. The van der Waals surface area contributed by atoms with E-state index in [-0.39, 0.29) is 0 Å². The molecule has 0 fully saturated rings. The summed E-state index contributed by atoms with van der Waals surface area (Å²) in [4.78, 5) is 0. The fraction of sp³-hybridized carbons (Fsp3) is 0.176. The molecule has 112 valence electrons. The first-order valence-corrected chi connectivity index (χ1v) is 7.85. The average molecular weight is 358 g/mol. The lowest BCUT2D eigenvalue weighted by molar-refractivity contribution is 0.464. The molecule has 3 rings (SSSR count). The molecule has 0 amide bonds. The summed E-state index contributed by atoms with van der Waals surface area (Å²) < 4.78 is 6.75. The smallest absolute Gasteiger partial charge is 0.235 e. The third-order valence-electron chi connectivity index (χ3n) is 3.33. The molecule has 1 aromatic heterocycles. The molecule has 0 aliphatic heterocycles. The highest BCUT2D eigenvalue weighted by Gasteiger charge is 2.07. The molecule has 0 saturated carbocycles. The maximum Gasteiger partial charge on any atom is 0.235 e. The van der Waals surface area contributed by atoms with E-state index in [2.05, 4.69) is 44.4 Å². The highest BCUT2D eigenvalue weighted by atomic mass is 79.9. The SMILES string of the molecule is Cc1cc(Br)ccc1NCc1nnc(Cc2ccccc2)o1. The van der Waals surface area contributed by atoms with Crippen LogP contribution in [0.1, 0.15) is 22.9 Å². The second kappa shape index (κ2) is 6.75. The van der Waals surface area contributed by atoms with Crippen LogP contribution in [-0.2, 0) is 13.0 Å². The molecule has 22 heavy (non-hydrogen) atoms. The maximum atomic E-state index is 5.68. The van der Waals surface area contributed by atoms with Crippen molar-refractivity contribution in [1.82, 2.24) is 10.2 Å². The monoisotopic (exact) mass is 357 g/mol. The summed E-state index contributed by atoms with van der Waals surface area (Å²) in [5, 5.41) is 11.5. The Morgan fingerprint density at radius 3 is 2.59 bits per heavy atom. The van der Waals surface area contributed by atoms with Crippen molar-refractivity contribution in [3.8, 4) is 0 Å². The van der Waals surface area contributed by atoms with Gasteiger partial charge in [-0.3, -0.25) is 0 Å². The summed E-state index contributed by atoms with van der Waals surface area (Å²) in [5.41, 5.74) is 3.39. The van der Waals surface area contributed by atoms with Gasteiger partial charge in [-0.15, -0.1) is 10.2 Å². The summed E-state index contributed by atoms with van der Waals surface area (Å²) >= 11 is 3.46. The van der Waals surface area contributed by atoms with Gasteiger partial charge in [0.2, 0.25) is 11.8 Å². The first-order chi connectivity index (χ1) is 10.7. The van der Waals surface area contributed by atoms with Gasteiger partial charge < -0.3 is 9.73 Å². The van der Waals surface area contributed by atoms with Crippen LogP contribution in [0.5, 0.6) is 0 Å². The molecule has 0 unspecified atom stereocenters. The van der Waals surface area contributed by atoms with Gasteiger partial charge in [0.05, 0.1) is 13.0 Å². The minimum Gasteiger partial charge on any atom is -0.423 e. The summed E-state index contributed by atoms with van der Waals surface area (Å²) in [5.74, 6) is 1.23. The van der Waals surface area contributed by atoms with Crippen LogP contribution in [0.3, 0.4) is 0 Å². The van der Waals surface area contributed by atoms with Gasteiger partial charge in [-0.1, -0.05) is 46.3 Å². The van der Waals surface area contributed by atoms with E-state index in [0.29, 0.717) is 24.7 Å². The van der Waals surface area contributed by atoms with Crippen LogP contribution in [0.2, 0.25) is 0 Å². The Morgan fingerprint density at radius 1 is 1.05 bits per heavy atom. The van der Waals surface area contributed by atoms with E-state index in [9.17, 15) is 0 Å². The van der Waals surface area contributed by atoms with E-state index >= 15 is 0 Å². The summed E-state index contributed by atoms with van der Waals surface area (Å²) in [6.07, 6.45) is 0.658. The normalized spacial score (nSPS) is 10.6. The molecule has 0 aliphatic rings. The van der Waals surface area contributed by atoms with Gasteiger partial charge in [0.25, 0.3) is 0 Å². The predicted octanol–water partition coefficient (Wildman–Crippen LogP) is 4.34. The first kappa shape index (κ1) is 14.8. The number of anilines is 1. The maximum absolute atomic E-state index is 5.68. The van der Waals surface area contributed by atoms with E-state index in [1.807, 2.05) is 42.5 Å². The highest BCUT2D eigenvalue weighted by molar-refractivity contribution is 9.10. The van der Waals surface area contributed by atoms with Gasteiger partial charge >= 0.3 is 0 Å². The minimum atomic E-state index is 0.518. The number of hydrogen-bond acceptors (Lipinski definition) is 4. The standard InChI is InChI=1S/C17H16BrN3O/c1-12-9-14(18)7-8-15(12)19-11-17-21-20-16(22-17)10-13-5-3-2-4-6-13/h2-9,19H,10-11H2,1H3. The zero-order chi connectivity index (χ0) is 15.4. The van der Waals surface area contributed by atoms with Gasteiger partial charge in [0.15, 0.2) is 0 Å². The number of aryl methyl sites for hydroxylation is 1. The lowest BCUT2D eigenvalue weighted by Gasteiger charge is -2.07.